The van der Waals surface area contributed by atoms with Gasteiger partial charge in [-0.15, -0.1) is 0 Å². The summed E-state index contributed by atoms with van der Waals surface area (Å²) < 4.78 is 0. The second-order valence-corrected chi connectivity index (χ2v) is 5.94. The number of aliphatic hydroxyl groups excluding tert-OH is 1. The van der Waals surface area contributed by atoms with Crippen LogP contribution in [-0.2, 0) is 0 Å². The number of aliphatic hydroxyl groups is 1. The average molecular weight is 311 g/mol. The highest BCUT2D eigenvalue weighted by Crippen LogP contribution is 2.18. The number of halogens is 1. The topological polar surface area (TPSA) is 43.8 Å². The number of rotatable bonds is 4. The van der Waals surface area contributed by atoms with Gasteiger partial charge in [0.15, 0.2) is 0 Å². The van der Waals surface area contributed by atoms with Gasteiger partial charge in [0.1, 0.15) is 0 Å². The van der Waals surface area contributed by atoms with Gasteiger partial charge in [-0.3, -0.25) is 9.69 Å². The second kappa shape index (κ2) is 7.25. The molecule has 116 valence electrons. The Hall–Kier alpha value is -1.10. The number of hydrogen-bond donors (Lipinski definition) is 1. The fourth-order valence-corrected chi connectivity index (χ4v) is 2.87. The Balaban J connectivity index is 1.98. The van der Waals surface area contributed by atoms with Crippen LogP contribution in [0.5, 0.6) is 0 Å². The standard InChI is InChI=1S/C16H23ClN2O2/c1-3-14(11-20)18-6-8-19(9-7-18)16(21)13-4-5-15(17)12(2)10-13/h4-5,10,14,20H,3,6-9,11H2,1-2H3. The molecule has 0 bridgehead atoms. The number of carbonyl (C=O) groups is 1. The molecule has 0 aliphatic carbocycles. The highest BCUT2D eigenvalue weighted by atomic mass is 35.5. The predicted octanol–water partition coefficient (Wildman–Crippen LogP) is 2.18. The first-order valence-electron chi connectivity index (χ1n) is 7.47. The molecule has 1 amide bonds. The summed E-state index contributed by atoms with van der Waals surface area (Å²) in [5, 5.41) is 10.0. The lowest BCUT2D eigenvalue weighted by Gasteiger charge is -2.38. The van der Waals surface area contributed by atoms with Crippen molar-refractivity contribution in [3.63, 3.8) is 0 Å². The first-order chi connectivity index (χ1) is 10.1. The number of aryl methyl sites for hydroxylation is 1. The van der Waals surface area contributed by atoms with Gasteiger partial charge < -0.3 is 10.0 Å². The molecule has 0 radical (unpaired) electrons. The van der Waals surface area contributed by atoms with Crippen LogP contribution in [0, 0.1) is 6.92 Å². The molecule has 0 spiro atoms. The van der Waals surface area contributed by atoms with Gasteiger partial charge in [-0.1, -0.05) is 18.5 Å². The number of carbonyl (C=O) groups excluding carboxylic acids is 1. The van der Waals surface area contributed by atoms with Gasteiger partial charge in [0.2, 0.25) is 0 Å². The molecule has 1 aromatic rings. The molecule has 5 heteroatoms. The van der Waals surface area contributed by atoms with Crippen LogP contribution in [0.25, 0.3) is 0 Å². The van der Waals surface area contributed by atoms with E-state index in [0.717, 1.165) is 25.1 Å². The SMILES string of the molecule is CCC(CO)N1CCN(C(=O)c2ccc(Cl)c(C)c2)CC1. The van der Waals surface area contributed by atoms with Crippen molar-refractivity contribution in [1.29, 1.82) is 0 Å². The van der Waals surface area contributed by atoms with E-state index in [9.17, 15) is 9.90 Å². The van der Waals surface area contributed by atoms with E-state index in [-0.39, 0.29) is 18.6 Å². The molecule has 1 N–H and O–H groups in total. The third kappa shape index (κ3) is 3.76. The van der Waals surface area contributed by atoms with Crippen LogP contribution >= 0.6 is 11.6 Å². The smallest absolute Gasteiger partial charge is 0.253 e. The van der Waals surface area contributed by atoms with Gasteiger partial charge in [-0.2, -0.15) is 0 Å². The molecule has 1 aliphatic rings. The number of piperazine rings is 1. The van der Waals surface area contributed by atoms with E-state index >= 15 is 0 Å². The molecule has 1 atom stereocenters. The molecular formula is C16H23ClN2O2. The van der Waals surface area contributed by atoms with Crippen LogP contribution in [0.2, 0.25) is 5.02 Å². The summed E-state index contributed by atoms with van der Waals surface area (Å²) in [4.78, 5) is 16.6. The molecule has 1 saturated heterocycles. The monoisotopic (exact) mass is 310 g/mol. The molecule has 4 nitrogen and oxygen atoms in total. The second-order valence-electron chi connectivity index (χ2n) is 5.54. The van der Waals surface area contributed by atoms with E-state index in [1.807, 2.05) is 17.9 Å². The summed E-state index contributed by atoms with van der Waals surface area (Å²) >= 11 is 6.00. The third-order valence-electron chi connectivity index (χ3n) is 4.20. The zero-order valence-electron chi connectivity index (χ0n) is 12.7. The van der Waals surface area contributed by atoms with E-state index in [1.165, 1.54) is 0 Å². The predicted molar refractivity (Wildman–Crippen MR) is 84.8 cm³/mol. The molecular weight excluding hydrogens is 288 g/mol. The number of amides is 1. The van der Waals surface area contributed by atoms with Gasteiger partial charge in [0.05, 0.1) is 6.61 Å². The Morgan fingerprint density at radius 2 is 2.00 bits per heavy atom. The maximum absolute atomic E-state index is 12.5. The minimum absolute atomic E-state index is 0.0615. The summed E-state index contributed by atoms with van der Waals surface area (Å²) in [6.45, 7) is 7.21. The molecule has 1 unspecified atom stereocenters. The molecule has 21 heavy (non-hydrogen) atoms. The zero-order valence-corrected chi connectivity index (χ0v) is 13.4. The molecule has 1 fully saturated rings. The number of benzene rings is 1. The van der Waals surface area contributed by atoms with Gasteiger partial charge in [0.25, 0.3) is 5.91 Å². The van der Waals surface area contributed by atoms with Crippen molar-refractivity contribution < 1.29 is 9.90 Å². The van der Waals surface area contributed by atoms with E-state index in [4.69, 9.17) is 11.6 Å². The summed E-state index contributed by atoms with van der Waals surface area (Å²) in [6, 6.07) is 5.62. The Labute approximate surface area is 131 Å². The van der Waals surface area contributed by atoms with E-state index in [1.54, 1.807) is 12.1 Å². The lowest BCUT2D eigenvalue weighted by molar-refractivity contribution is 0.0472. The molecule has 1 heterocycles. The average Bonchev–Trinajstić information content (AvgIpc) is 2.51. The molecule has 1 aromatic carbocycles. The van der Waals surface area contributed by atoms with Crippen LogP contribution < -0.4 is 0 Å². The van der Waals surface area contributed by atoms with Crippen LogP contribution in [-0.4, -0.2) is 59.6 Å². The Kier molecular flexibility index (Phi) is 5.62. The zero-order chi connectivity index (χ0) is 15.4. The summed E-state index contributed by atoms with van der Waals surface area (Å²) in [6.07, 6.45) is 0.931. The highest BCUT2D eigenvalue weighted by molar-refractivity contribution is 6.31. The van der Waals surface area contributed by atoms with Crippen molar-refractivity contribution in [2.45, 2.75) is 26.3 Å². The van der Waals surface area contributed by atoms with E-state index in [0.29, 0.717) is 23.7 Å². The maximum atomic E-state index is 12.5. The summed E-state index contributed by atoms with van der Waals surface area (Å²) in [7, 11) is 0. The lowest BCUT2D eigenvalue weighted by atomic mass is 10.1. The first kappa shape index (κ1) is 16.3. The van der Waals surface area contributed by atoms with E-state index < -0.39 is 0 Å². The Morgan fingerprint density at radius 3 is 2.52 bits per heavy atom. The van der Waals surface area contributed by atoms with Crippen molar-refractivity contribution in [3.05, 3.63) is 34.3 Å². The van der Waals surface area contributed by atoms with E-state index in [2.05, 4.69) is 11.8 Å². The summed E-state index contributed by atoms with van der Waals surface area (Å²) in [5.74, 6) is 0.0615. The van der Waals surface area contributed by atoms with Crippen molar-refractivity contribution in [1.82, 2.24) is 9.80 Å². The largest absolute Gasteiger partial charge is 0.395 e. The highest BCUT2D eigenvalue weighted by Gasteiger charge is 2.25. The minimum atomic E-state index is 0.0615. The number of nitrogens with zero attached hydrogens (tertiary/aromatic N) is 2. The normalized spacial score (nSPS) is 17.8. The number of hydrogen-bond acceptors (Lipinski definition) is 3. The summed E-state index contributed by atoms with van der Waals surface area (Å²) in [5.41, 5.74) is 1.62. The van der Waals surface area contributed by atoms with Crippen LogP contribution in [0.15, 0.2) is 18.2 Å². The lowest BCUT2D eigenvalue weighted by Crippen LogP contribution is -2.52. The van der Waals surface area contributed by atoms with Gasteiger partial charge >= 0.3 is 0 Å². The fraction of sp³-hybridized carbons (Fsp3) is 0.562. The van der Waals surface area contributed by atoms with Crippen LogP contribution in [0.3, 0.4) is 0 Å². The quantitative estimate of drug-likeness (QED) is 0.927. The van der Waals surface area contributed by atoms with Crippen LogP contribution in [0.4, 0.5) is 0 Å². The van der Waals surface area contributed by atoms with Gasteiger partial charge in [-0.25, -0.2) is 0 Å². The van der Waals surface area contributed by atoms with Crippen molar-refractivity contribution in [2.24, 2.45) is 0 Å². The Bertz CT molecular complexity index is 495. The third-order valence-corrected chi connectivity index (χ3v) is 4.63. The fourth-order valence-electron chi connectivity index (χ4n) is 2.75. The van der Waals surface area contributed by atoms with Crippen molar-refractivity contribution in [2.75, 3.05) is 32.8 Å². The van der Waals surface area contributed by atoms with Gasteiger partial charge in [0, 0.05) is 42.8 Å². The molecule has 2 rings (SSSR count). The van der Waals surface area contributed by atoms with Crippen molar-refractivity contribution in [3.8, 4) is 0 Å². The first-order valence-corrected chi connectivity index (χ1v) is 7.85. The van der Waals surface area contributed by atoms with Gasteiger partial charge in [-0.05, 0) is 37.1 Å². The molecule has 1 aliphatic heterocycles. The van der Waals surface area contributed by atoms with Crippen LogP contribution in [0.1, 0.15) is 29.3 Å². The molecule has 0 saturated carbocycles. The maximum Gasteiger partial charge on any atom is 0.253 e. The minimum Gasteiger partial charge on any atom is -0.395 e. The van der Waals surface area contributed by atoms with Crippen molar-refractivity contribution >= 4 is 17.5 Å². The Morgan fingerprint density at radius 1 is 1.33 bits per heavy atom. The molecule has 0 aromatic heterocycles.